The fourth-order valence-electron chi connectivity index (χ4n) is 1.32. The summed E-state index contributed by atoms with van der Waals surface area (Å²) in [5, 5.41) is 0. The number of hydrogen-bond donors (Lipinski definition) is 0. The van der Waals surface area contributed by atoms with Crippen molar-refractivity contribution in [1.29, 1.82) is 0 Å². The molecule has 1 aliphatic heterocycles. The molecule has 0 aromatic carbocycles. The van der Waals surface area contributed by atoms with Crippen molar-refractivity contribution >= 4 is 40.5 Å². The summed E-state index contributed by atoms with van der Waals surface area (Å²) in [5.74, 6) is -0.158. The smallest absolute Gasteiger partial charge is 0.470 e. The molecule has 0 bridgehead atoms. The van der Waals surface area contributed by atoms with Gasteiger partial charge >= 0.3 is 12.1 Å². The molecule has 8 nitrogen and oxygen atoms in total. The topological polar surface area (TPSA) is 89.5 Å². The van der Waals surface area contributed by atoms with E-state index in [0.29, 0.717) is 23.3 Å². The summed E-state index contributed by atoms with van der Waals surface area (Å²) in [6, 6.07) is 0. The summed E-state index contributed by atoms with van der Waals surface area (Å²) in [5.41, 5.74) is 0. The molecular formula is C13H18O8S2. The molecule has 0 saturated carbocycles. The lowest BCUT2D eigenvalue weighted by Gasteiger charge is -2.23. The van der Waals surface area contributed by atoms with E-state index in [-0.39, 0.29) is 32.7 Å². The van der Waals surface area contributed by atoms with Gasteiger partial charge in [-0.15, -0.1) is 0 Å². The molecule has 0 radical (unpaired) electrons. The lowest BCUT2D eigenvalue weighted by molar-refractivity contribution is -0.145. The van der Waals surface area contributed by atoms with Crippen molar-refractivity contribution in [3.8, 4) is 0 Å². The average Bonchev–Trinajstić information content (AvgIpc) is 2.56. The van der Waals surface area contributed by atoms with Crippen LogP contribution in [0.1, 0.15) is 0 Å². The molecule has 0 atom stereocenters. The van der Waals surface area contributed by atoms with Gasteiger partial charge in [0, 0.05) is 11.8 Å². The second-order valence-corrected chi connectivity index (χ2v) is 5.71. The minimum absolute atomic E-state index is 0.0574. The lowest BCUT2D eigenvalue weighted by atomic mass is 10.4. The van der Waals surface area contributed by atoms with E-state index in [1.807, 2.05) is 0 Å². The van der Waals surface area contributed by atoms with Gasteiger partial charge in [0.2, 0.25) is 4.38 Å². The second-order valence-electron chi connectivity index (χ2n) is 4.02. The third-order valence-electron chi connectivity index (χ3n) is 2.27. The van der Waals surface area contributed by atoms with Crippen molar-refractivity contribution in [2.45, 2.75) is 6.10 Å². The predicted molar refractivity (Wildman–Crippen MR) is 85.2 cm³/mol. The highest BCUT2D eigenvalue weighted by molar-refractivity contribution is 8.22. The Morgan fingerprint density at radius 1 is 1.17 bits per heavy atom. The highest BCUT2D eigenvalue weighted by atomic mass is 32.2. The van der Waals surface area contributed by atoms with Crippen LogP contribution in [0.25, 0.3) is 0 Å². The van der Waals surface area contributed by atoms with Gasteiger partial charge in [-0.2, -0.15) is 0 Å². The highest BCUT2D eigenvalue weighted by Gasteiger charge is 2.17. The third kappa shape index (κ3) is 10.1. The molecule has 1 aliphatic rings. The van der Waals surface area contributed by atoms with Crippen molar-refractivity contribution in [3.05, 3.63) is 12.7 Å². The summed E-state index contributed by atoms with van der Waals surface area (Å²) >= 11 is 6.27. The van der Waals surface area contributed by atoms with Gasteiger partial charge in [-0.25, -0.2) is 9.59 Å². The quantitative estimate of drug-likeness (QED) is 0.271. The summed E-state index contributed by atoms with van der Waals surface area (Å²) in [7, 11) is 0. The first-order chi connectivity index (χ1) is 11.1. The van der Waals surface area contributed by atoms with Gasteiger partial charge in [0.15, 0.2) is 0 Å². The minimum atomic E-state index is -0.846. The van der Waals surface area contributed by atoms with Crippen LogP contribution in [0.2, 0.25) is 0 Å². The number of ether oxygens (including phenoxy) is 6. The average molecular weight is 366 g/mol. The minimum Gasteiger partial charge on any atom is -0.470 e. The Kier molecular flexibility index (Phi) is 10.4. The number of rotatable bonds is 8. The van der Waals surface area contributed by atoms with Crippen LogP contribution in [0.3, 0.4) is 0 Å². The molecule has 1 rings (SSSR count). The number of hydrogen-bond acceptors (Lipinski definition) is 10. The number of thiocarbonyl (C=S) groups is 1. The van der Waals surface area contributed by atoms with E-state index >= 15 is 0 Å². The van der Waals surface area contributed by atoms with Crippen LogP contribution >= 0.6 is 24.0 Å². The first-order valence-corrected chi connectivity index (χ1v) is 8.09. The largest absolute Gasteiger partial charge is 0.508 e. The van der Waals surface area contributed by atoms with Crippen molar-refractivity contribution in [3.63, 3.8) is 0 Å². The number of carbonyl (C=O) groups is 2. The molecule has 1 fully saturated rings. The maximum atomic E-state index is 11.2. The van der Waals surface area contributed by atoms with Gasteiger partial charge in [0.05, 0.1) is 13.2 Å². The Balaban J connectivity index is 1.96. The molecule has 10 heteroatoms. The first-order valence-electron chi connectivity index (χ1n) is 6.69. The monoisotopic (exact) mass is 366 g/mol. The van der Waals surface area contributed by atoms with Crippen LogP contribution in [0.5, 0.6) is 0 Å². The van der Waals surface area contributed by atoms with Crippen LogP contribution in [0.4, 0.5) is 4.79 Å². The Bertz CT molecular complexity index is 409. The van der Waals surface area contributed by atoms with Crippen LogP contribution in [-0.2, 0) is 33.2 Å². The maximum Gasteiger partial charge on any atom is 0.508 e. The predicted octanol–water partition coefficient (Wildman–Crippen LogP) is 1.28. The van der Waals surface area contributed by atoms with Crippen LogP contribution in [-0.4, -0.2) is 68.2 Å². The Morgan fingerprint density at radius 3 is 2.52 bits per heavy atom. The lowest BCUT2D eigenvalue weighted by Crippen LogP contribution is -2.32. The van der Waals surface area contributed by atoms with Crippen molar-refractivity contribution in [2.75, 3.05) is 45.6 Å². The van der Waals surface area contributed by atoms with Crippen molar-refractivity contribution in [2.24, 2.45) is 0 Å². The summed E-state index contributed by atoms with van der Waals surface area (Å²) in [6.45, 7) is 4.32. The molecule has 1 heterocycles. The van der Waals surface area contributed by atoms with Crippen molar-refractivity contribution < 1.29 is 38.0 Å². The molecular weight excluding hydrogens is 348 g/mol. The first kappa shape index (κ1) is 19.7. The fraction of sp³-hybridized carbons (Fsp3) is 0.615. The summed E-state index contributed by atoms with van der Waals surface area (Å²) in [6.07, 6.45) is -0.0411. The van der Waals surface area contributed by atoms with E-state index in [9.17, 15) is 9.59 Å². The molecule has 130 valence electrons. The molecule has 0 N–H and O–H groups in total. The molecule has 0 aromatic heterocycles. The molecule has 0 amide bonds. The zero-order valence-electron chi connectivity index (χ0n) is 12.4. The summed E-state index contributed by atoms with van der Waals surface area (Å²) < 4.78 is 30.0. The van der Waals surface area contributed by atoms with Gasteiger partial charge in [0.1, 0.15) is 32.7 Å². The molecule has 0 aliphatic carbocycles. The van der Waals surface area contributed by atoms with Gasteiger partial charge in [-0.3, -0.25) is 0 Å². The number of thioether (sulfide) groups is 1. The Labute approximate surface area is 143 Å². The van der Waals surface area contributed by atoms with E-state index in [2.05, 4.69) is 16.1 Å². The SMILES string of the molecule is C=CC(=O)OCCOC(=O)OCCSC(=S)OC1COCOC1. The number of esters is 1. The maximum absolute atomic E-state index is 11.2. The number of carbonyl (C=O) groups excluding carboxylic acids is 2. The van der Waals surface area contributed by atoms with Gasteiger partial charge < -0.3 is 28.4 Å². The van der Waals surface area contributed by atoms with Gasteiger partial charge in [-0.1, -0.05) is 18.3 Å². The highest BCUT2D eigenvalue weighted by Crippen LogP contribution is 2.11. The second kappa shape index (κ2) is 12.1. The van der Waals surface area contributed by atoms with E-state index in [1.165, 1.54) is 11.8 Å². The van der Waals surface area contributed by atoms with Gasteiger partial charge in [0.25, 0.3) is 0 Å². The van der Waals surface area contributed by atoms with E-state index in [4.69, 9.17) is 31.2 Å². The van der Waals surface area contributed by atoms with Crippen LogP contribution in [0.15, 0.2) is 12.7 Å². The van der Waals surface area contributed by atoms with Crippen LogP contribution in [0, 0.1) is 0 Å². The molecule has 0 spiro atoms. The third-order valence-corrected chi connectivity index (χ3v) is 3.43. The van der Waals surface area contributed by atoms with E-state index in [1.54, 1.807) is 0 Å². The molecule has 0 aromatic rings. The normalized spacial score (nSPS) is 14.6. The van der Waals surface area contributed by atoms with E-state index < -0.39 is 12.1 Å². The van der Waals surface area contributed by atoms with Gasteiger partial charge in [-0.05, 0) is 12.2 Å². The molecule has 1 saturated heterocycles. The van der Waals surface area contributed by atoms with Crippen LogP contribution < -0.4 is 0 Å². The Morgan fingerprint density at radius 2 is 1.83 bits per heavy atom. The summed E-state index contributed by atoms with van der Waals surface area (Å²) in [4.78, 5) is 21.9. The molecule has 23 heavy (non-hydrogen) atoms. The zero-order valence-corrected chi connectivity index (χ0v) is 14.0. The van der Waals surface area contributed by atoms with E-state index in [0.717, 1.165) is 6.08 Å². The van der Waals surface area contributed by atoms with Crippen molar-refractivity contribution in [1.82, 2.24) is 0 Å². The molecule has 0 unspecified atom stereocenters. The zero-order chi connectivity index (χ0) is 16.9. The fourth-order valence-corrected chi connectivity index (χ4v) is 2.25. The Hall–Kier alpha value is -1.36. The standard InChI is InChI=1S/C13H18O8S2/c1-2-11(14)18-3-4-19-12(15)20-5-6-23-13(22)21-10-7-16-9-17-8-10/h2,10H,1,3-9H2.